The first-order valence-corrected chi connectivity index (χ1v) is 6.04. The molecule has 2 N–H and O–H groups in total. The summed E-state index contributed by atoms with van der Waals surface area (Å²) in [6, 6.07) is 2.34. The van der Waals surface area contributed by atoms with E-state index >= 15 is 0 Å². The number of carboxylic acids is 1. The lowest BCUT2D eigenvalue weighted by atomic mass is 10.1. The molecule has 1 fully saturated rings. The molecule has 1 aromatic carbocycles. The summed E-state index contributed by atoms with van der Waals surface area (Å²) in [7, 11) is 0. The van der Waals surface area contributed by atoms with Crippen LogP contribution in [0.3, 0.4) is 0 Å². The minimum atomic E-state index is -1.47. The molecular weight excluding hydrogens is 240 g/mol. The second-order valence-electron chi connectivity index (χ2n) is 4.61. The van der Waals surface area contributed by atoms with E-state index in [2.05, 4.69) is 5.32 Å². The first kappa shape index (κ1) is 12.8. The number of hydrogen-bond donors (Lipinski definition) is 2. The van der Waals surface area contributed by atoms with Crippen molar-refractivity contribution in [3.63, 3.8) is 0 Å². The number of benzene rings is 1. The third-order valence-electron chi connectivity index (χ3n) is 3.11. The Kier molecular flexibility index (Phi) is 3.79. The Hall–Kier alpha value is -1.65. The number of halogens is 2. The number of carbonyl (C=O) groups is 1. The Labute approximate surface area is 104 Å². The molecule has 0 aliphatic heterocycles. The Morgan fingerprint density at radius 3 is 2.67 bits per heavy atom. The van der Waals surface area contributed by atoms with Crippen molar-refractivity contribution in [3.05, 3.63) is 29.3 Å². The zero-order valence-corrected chi connectivity index (χ0v) is 9.88. The van der Waals surface area contributed by atoms with Crippen molar-refractivity contribution < 1.29 is 18.7 Å². The van der Waals surface area contributed by atoms with Crippen molar-refractivity contribution in [1.82, 2.24) is 0 Å². The Morgan fingerprint density at radius 1 is 1.33 bits per heavy atom. The van der Waals surface area contributed by atoms with E-state index in [-0.39, 0.29) is 5.69 Å². The van der Waals surface area contributed by atoms with Crippen molar-refractivity contribution in [2.24, 2.45) is 5.92 Å². The van der Waals surface area contributed by atoms with Crippen LogP contribution < -0.4 is 5.32 Å². The van der Waals surface area contributed by atoms with Crippen molar-refractivity contribution in [1.29, 1.82) is 0 Å². The number of nitrogens with one attached hydrogen (secondary N) is 1. The van der Waals surface area contributed by atoms with Gasteiger partial charge in [0.2, 0.25) is 0 Å². The average Bonchev–Trinajstić information content (AvgIpc) is 3.13. The lowest BCUT2D eigenvalue weighted by Crippen LogP contribution is -2.08. The molecule has 0 amide bonds. The highest BCUT2D eigenvalue weighted by atomic mass is 19.2. The van der Waals surface area contributed by atoms with Gasteiger partial charge in [-0.2, -0.15) is 0 Å². The van der Waals surface area contributed by atoms with Gasteiger partial charge < -0.3 is 10.4 Å². The van der Waals surface area contributed by atoms with E-state index in [1.165, 1.54) is 18.9 Å². The second kappa shape index (κ2) is 5.33. The van der Waals surface area contributed by atoms with Crippen LogP contribution in [-0.2, 0) is 0 Å². The van der Waals surface area contributed by atoms with Gasteiger partial charge in [0.05, 0.1) is 11.3 Å². The average molecular weight is 255 g/mol. The monoisotopic (exact) mass is 255 g/mol. The summed E-state index contributed by atoms with van der Waals surface area (Å²) in [5.74, 6) is -3.09. The maximum atomic E-state index is 13.5. The fraction of sp³-hybridized carbons (Fsp3) is 0.462. The predicted octanol–water partition coefficient (Wildman–Crippen LogP) is 3.27. The Balaban J connectivity index is 1.95. The number of hydrogen-bond acceptors (Lipinski definition) is 2. The van der Waals surface area contributed by atoms with Gasteiger partial charge >= 0.3 is 5.97 Å². The molecule has 0 atom stereocenters. The summed E-state index contributed by atoms with van der Waals surface area (Å²) in [6.07, 6.45) is 4.56. The molecule has 0 bridgehead atoms. The SMILES string of the molecule is O=C(O)c1ccc(NCCCC2CC2)c(F)c1F. The predicted molar refractivity (Wildman–Crippen MR) is 63.8 cm³/mol. The Morgan fingerprint density at radius 2 is 2.06 bits per heavy atom. The van der Waals surface area contributed by atoms with Crippen LogP contribution in [0.1, 0.15) is 36.0 Å². The first-order valence-electron chi connectivity index (χ1n) is 6.04. The van der Waals surface area contributed by atoms with Crippen LogP contribution in [0.15, 0.2) is 12.1 Å². The van der Waals surface area contributed by atoms with Crippen LogP contribution in [0.5, 0.6) is 0 Å². The van der Waals surface area contributed by atoms with Gasteiger partial charge in [-0.3, -0.25) is 0 Å². The molecule has 1 saturated carbocycles. The van der Waals surface area contributed by atoms with Crippen molar-refractivity contribution in [3.8, 4) is 0 Å². The molecule has 5 heteroatoms. The van der Waals surface area contributed by atoms with Crippen LogP contribution in [0, 0.1) is 17.6 Å². The van der Waals surface area contributed by atoms with Crippen LogP contribution in [-0.4, -0.2) is 17.6 Å². The zero-order valence-electron chi connectivity index (χ0n) is 9.88. The van der Waals surface area contributed by atoms with Crippen molar-refractivity contribution >= 4 is 11.7 Å². The summed E-state index contributed by atoms with van der Waals surface area (Å²) >= 11 is 0. The highest BCUT2D eigenvalue weighted by Crippen LogP contribution is 2.33. The van der Waals surface area contributed by atoms with Crippen LogP contribution in [0.25, 0.3) is 0 Å². The maximum Gasteiger partial charge on any atom is 0.338 e. The molecular formula is C13H15F2NO2. The topological polar surface area (TPSA) is 49.3 Å². The minimum Gasteiger partial charge on any atom is -0.478 e. The standard InChI is InChI=1S/C13H15F2NO2/c14-11-9(13(17)18)5-6-10(12(11)15)16-7-1-2-8-3-4-8/h5-6,8,16H,1-4,7H2,(H,17,18). The molecule has 0 spiro atoms. The maximum absolute atomic E-state index is 13.5. The van der Waals surface area contributed by atoms with Crippen LogP contribution >= 0.6 is 0 Å². The highest BCUT2D eigenvalue weighted by Gasteiger charge is 2.20. The molecule has 3 nitrogen and oxygen atoms in total. The molecule has 1 aliphatic rings. The normalized spacial score (nSPS) is 14.6. The summed E-state index contributed by atoms with van der Waals surface area (Å²) in [5.41, 5.74) is -0.621. The van der Waals surface area contributed by atoms with Gasteiger partial charge in [0.25, 0.3) is 0 Å². The zero-order chi connectivity index (χ0) is 13.1. The largest absolute Gasteiger partial charge is 0.478 e. The Bertz CT molecular complexity index is 459. The molecule has 1 aliphatic carbocycles. The van der Waals surface area contributed by atoms with Crippen molar-refractivity contribution in [2.45, 2.75) is 25.7 Å². The molecule has 0 unspecified atom stereocenters. The second-order valence-corrected chi connectivity index (χ2v) is 4.61. The van der Waals surface area contributed by atoms with E-state index in [1.54, 1.807) is 0 Å². The van der Waals surface area contributed by atoms with E-state index in [9.17, 15) is 13.6 Å². The lowest BCUT2D eigenvalue weighted by molar-refractivity contribution is 0.0690. The quantitative estimate of drug-likeness (QED) is 0.767. The fourth-order valence-electron chi connectivity index (χ4n) is 1.87. The summed E-state index contributed by atoms with van der Waals surface area (Å²) in [4.78, 5) is 10.6. The lowest BCUT2D eigenvalue weighted by Gasteiger charge is -2.09. The molecule has 1 aromatic rings. The highest BCUT2D eigenvalue weighted by molar-refractivity contribution is 5.88. The van der Waals surface area contributed by atoms with Gasteiger partial charge in [0.1, 0.15) is 0 Å². The van der Waals surface area contributed by atoms with Gasteiger partial charge in [-0.1, -0.05) is 12.8 Å². The van der Waals surface area contributed by atoms with Crippen LogP contribution in [0.4, 0.5) is 14.5 Å². The fourth-order valence-corrected chi connectivity index (χ4v) is 1.87. The molecule has 98 valence electrons. The number of rotatable bonds is 6. The van der Waals surface area contributed by atoms with E-state index < -0.39 is 23.2 Å². The van der Waals surface area contributed by atoms with E-state index in [0.717, 1.165) is 24.8 Å². The molecule has 0 aromatic heterocycles. The molecule has 2 rings (SSSR count). The summed E-state index contributed by atoms with van der Waals surface area (Å²) in [6.45, 7) is 0.569. The van der Waals surface area contributed by atoms with Crippen LogP contribution in [0.2, 0.25) is 0 Å². The van der Waals surface area contributed by atoms with E-state index in [0.29, 0.717) is 6.54 Å². The molecule has 18 heavy (non-hydrogen) atoms. The number of carboxylic acid groups (broad SMARTS) is 1. The van der Waals surface area contributed by atoms with E-state index in [4.69, 9.17) is 5.11 Å². The van der Waals surface area contributed by atoms with Crippen molar-refractivity contribution in [2.75, 3.05) is 11.9 Å². The van der Waals surface area contributed by atoms with E-state index in [1.807, 2.05) is 0 Å². The molecule has 0 radical (unpaired) electrons. The summed E-state index contributed by atoms with van der Waals surface area (Å²) in [5, 5.41) is 11.4. The molecule has 0 saturated heterocycles. The minimum absolute atomic E-state index is 0.0216. The van der Waals surface area contributed by atoms with Gasteiger partial charge in [-0.15, -0.1) is 0 Å². The summed E-state index contributed by atoms with van der Waals surface area (Å²) < 4.78 is 26.9. The third kappa shape index (κ3) is 2.97. The first-order chi connectivity index (χ1) is 8.59. The number of aromatic carboxylic acids is 1. The van der Waals surface area contributed by atoms with Gasteiger partial charge in [0, 0.05) is 6.54 Å². The molecule has 0 heterocycles. The smallest absolute Gasteiger partial charge is 0.338 e. The third-order valence-corrected chi connectivity index (χ3v) is 3.11. The van der Waals surface area contributed by atoms with Gasteiger partial charge in [-0.25, -0.2) is 13.6 Å². The number of anilines is 1. The van der Waals surface area contributed by atoms with Gasteiger partial charge in [-0.05, 0) is 30.9 Å². The van der Waals surface area contributed by atoms with Gasteiger partial charge in [0.15, 0.2) is 11.6 Å².